The van der Waals surface area contributed by atoms with E-state index in [-0.39, 0.29) is 29.4 Å². The molecule has 4 rings (SSSR count). The minimum atomic E-state index is -3.76. The minimum Gasteiger partial charge on any atom is -0.480 e. The van der Waals surface area contributed by atoms with Gasteiger partial charge in [0.15, 0.2) is 0 Å². The van der Waals surface area contributed by atoms with Crippen molar-refractivity contribution in [1.82, 2.24) is 9.29 Å². The maximum absolute atomic E-state index is 13.2. The zero-order valence-corrected chi connectivity index (χ0v) is 19.6. The number of hydrogen-bond acceptors (Lipinski definition) is 7. The molecule has 9 nitrogen and oxygen atoms in total. The molecule has 1 saturated heterocycles. The predicted octanol–water partition coefficient (Wildman–Crippen LogP) is 2.86. The Morgan fingerprint density at radius 3 is 2.49 bits per heavy atom. The first-order valence-corrected chi connectivity index (χ1v) is 12.1. The highest BCUT2D eigenvalue weighted by atomic mass is 32.2. The largest absolute Gasteiger partial charge is 0.480 e. The number of hydrogen-bond donors (Lipinski definition) is 1. The molecule has 0 atom stereocenters. The van der Waals surface area contributed by atoms with Gasteiger partial charge in [0.05, 0.1) is 35.0 Å². The number of ether oxygens (including phenoxy) is 1. The van der Waals surface area contributed by atoms with E-state index in [0.717, 1.165) is 12.1 Å². The molecule has 1 fully saturated rings. The third-order valence-corrected chi connectivity index (χ3v) is 7.53. The lowest BCUT2D eigenvalue weighted by Gasteiger charge is -2.36. The Bertz CT molecular complexity index is 1380. The number of methoxy groups -OCH3 is 1. The van der Waals surface area contributed by atoms with Crippen molar-refractivity contribution in [3.05, 3.63) is 77.7 Å². The lowest BCUT2D eigenvalue weighted by molar-refractivity contribution is 0.102. The molecule has 1 aliphatic rings. The highest BCUT2D eigenvalue weighted by Crippen LogP contribution is 2.30. The summed E-state index contributed by atoms with van der Waals surface area (Å²) in [7, 11) is -2.34. The molecule has 1 amide bonds. The molecule has 0 radical (unpaired) electrons. The van der Waals surface area contributed by atoms with Gasteiger partial charge in [0.2, 0.25) is 15.9 Å². The maximum atomic E-state index is 13.2. The number of carbonyl (C=O) groups is 1. The SMILES string of the molecule is COc1ncccc1C(=O)Nc1cc(C#N)ccc1N1CCN(S(=O)(=O)c2ccc(F)cc2)CC1. The first kappa shape index (κ1) is 24.1. The Balaban J connectivity index is 1.54. The zero-order chi connectivity index (χ0) is 25.0. The third-order valence-electron chi connectivity index (χ3n) is 5.61. The van der Waals surface area contributed by atoms with Gasteiger partial charge in [-0.05, 0) is 54.6 Å². The van der Waals surface area contributed by atoms with E-state index in [1.54, 1.807) is 30.3 Å². The summed E-state index contributed by atoms with van der Waals surface area (Å²) >= 11 is 0. The number of piperazine rings is 1. The standard InChI is InChI=1S/C24H22FN5O4S/c1-34-24-20(3-2-10-27-24)23(31)28-21-15-17(16-26)4-9-22(21)29-11-13-30(14-12-29)35(32,33)19-7-5-18(25)6-8-19/h2-10,15H,11-14H2,1H3,(H,28,31). The Labute approximate surface area is 202 Å². The molecular formula is C24H22FN5O4S. The van der Waals surface area contributed by atoms with Crippen LogP contribution in [0.3, 0.4) is 0 Å². The molecule has 0 unspecified atom stereocenters. The molecule has 35 heavy (non-hydrogen) atoms. The van der Waals surface area contributed by atoms with Crippen molar-refractivity contribution in [2.45, 2.75) is 4.90 Å². The summed E-state index contributed by atoms with van der Waals surface area (Å²) < 4.78 is 45.6. The van der Waals surface area contributed by atoms with Crippen LogP contribution in [0.15, 0.2) is 65.7 Å². The third kappa shape index (κ3) is 5.08. The van der Waals surface area contributed by atoms with Crippen LogP contribution in [0, 0.1) is 17.1 Å². The molecule has 1 N–H and O–H groups in total. The van der Waals surface area contributed by atoms with E-state index < -0.39 is 21.7 Å². The molecule has 180 valence electrons. The topological polar surface area (TPSA) is 116 Å². The second-order valence-corrected chi connectivity index (χ2v) is 9.64. The Morgan fingerprint density at radius 2 is 1.83 bits per heavy atom. The maximum Gasteiger partial charge on any atom is 0.261 e. The number of halogens is 1. The van der Waals surface area contributed by atoms with Crippen molar-refractivity contribution < 1.29 is 22.3 Å². The van der Waals surface area contributed by atoms with Crippen LogP contribution in [0.4, 0.5) is 15.8 Å². The number of carbonyl (C=O) groups excluding carboxylic acids is 1. The van der Waals surface area contributed by atoms with E-state index in [1.807, 2.05) is 4.90 Å². The van der Waals surface area contributed by atoms with E-state index in [9.17, 15) is 22.9 Å². The van der Waals surface area contributed by atoms with E-state index in [2.05, 4.69) is 16.4 Å². The van der Waals surface area contributed by atoms with Crippen LogP contribution >= 0.6 is 0 Å². The van der Waals surface area contributed by atoms with Crippen molar-refractivity contribution in [2.24, 2.45) is 0 Å². The Morgan fingerprint density at radius 1 is 1.11 bits per heavy atom. The number of amides is 1. The van der Waals surface area contributed by atoms with Crippen molar-refractivity contribution in [2.75, 3.05) is 43.5 Å². The number of sulfonamides is 1. The van der Waals surface area contributed by atoms with Gasteiger partial charge in [0.1, 0.15) is 11.4 Å². The first-order valence-electron chi connectivity index (χ1n) is 10.7. The van der Waals surface area contributed by atoms with Crippen LogP contribution in [-0.4, -0.2) is 56.9 Å². The van der Waals surface area contributed by atoms with Gasteiger partial charge in [-0.1, -0.05) is 0 Å². The highest BCUT2D eigenvalue weighted by Gasteiger charge is 2.29. The fraction of sp³-hybridized carbons (Fsp3) is 0.208. The lowest BCUT2D eigenvalue weighted by atomic mass is 10.1. The van der Waals surface area contributed by atoms with Crippen molar-refractivity contribution >= 4 is 27.3 Å². The molecule has 3 aromatic rings. The minimum absolute atomic E-state index is 0.0316. The number of pyridine rings is 1. The Hall–Kier alpha value is -4.01. The fourth-order valence-electron chi connectivity index (χ4n) is 3.82. The fourth-order valence-corrected chi connectivity index (χ4v) is 5.24. The lowest BCUT2D eigenvalue weighted by Crippen LogP contribution is -2.48. The number of nitriles is 1. The second kappa shape index (κ2) is 10.1. The van der Waals surface area contributed by atoms with Crippen LogP contribution < -0.4 is 15.0 Å². The summed E-state index contributed by atoms with van der Waals surface area (Å²) in [4.78, 5) is 19.0. The van der Waals surface area contributed by atoms with Gasteiger partial charge < -0.3 is 15.0 Å². The predicted molar refractivity (Wildman–Crippen MR) is 127 cm³/mol. The summed E-state index contributed by atoms with van der Waals surface area (Å²) in [5, 5.41) is 12.2. The van der Waals surface area contributed by atoms with Gasteiger partial charge in [-0.15, -0.1) is 0 Å². The molecular weight excluding hydrogens is 473 g/mol. The number of nitrogens with zero attached hydrogens (tertiary/aromatic N) is 4. The molecule has 11 heteroatoms. The van der Waals surface area contributed by atoms with Gasteiger partial charge in [-0.2, -0.15) is 9.57 Å². The quantitative estimate of drug-likeness (QED) is 0.559. The normalized spacial score (nSPS) is 14.3. The van der Waals surface area contributed by atoms with Gasteiger partial charge in [0.25, 0.3) is 5.91 Å². The van der Waals surface area contributed by atoms with E-state index in [0.29, 0.717) is 30.0 Å². The number of aromatic nitrogens is 1. The number of rotatable bonds is 6. The van der Waals surface area contributed by atoms with Crippen molar-refractivity contribution in [1.29, 1.82) is 5.26 Å². The van der Waals surface area contributed by atoms with Crippen LogP contribution in [0.1, 0.15) is 15.9 Å². The van der Waals surface area contributed by atoms with Gasteiger partial charge in [-0.25, -0.2) is 17.8 Å². The van der Waals surface area contributed by atoms with E-state index >= 15 is 0 Å². The molecule has 2 heterocycles. The first-order chi connectivity index (χ1) is 16.8. The summed E-state index contributed by atoms with van der Waals surface area (Å²) in [6.45, 7) is 1.10. The molecule has 0 saturated carbocycles. The Kier molecular flexibility index (Phi) is 6.95. The molecule has 0 spiro atoms. The summed E-state index contributed by atoms with van der Waals surface area (Å²) in [6, 6.07) is 14.9. The van der Waals surface area contributed by atoms with Gasteiger partial charge >= 0.3 is 0 Å². The number of benzene rings is 2. The summed E-state index contributed by atoms with van der Waals surface area (Å²) in [5.74, 6) is -0.792. The highest BCUT2D eigenvalue weighted by molar-refractivity contribution is 7.89. The van der Waals surface area contributed by atoms with Crippen LogP contribution in [0.2, 0.25) is 0 Å². The average molecular weight is 496 g/mol. The van der Waals surface area contributed by atoms with Crippen LogP contribution in [0.25, 0.3) is 0 Å². The number of nitrogens with one attached hydrogen (secondary N) is 1. The molecule has 0 aliphatic carbocycles. The smallest absolute Gasteiger partial charge is 0.261 e. The van der Waals surface area contributed by atoms with Crippen LogP contribution in [0.5, 0.6) is 5.88 Å². The molecule has 1 aromatic heterocycles. The van der Waals surface area contributed by atoms with E-state index in [4.69, 9.17) is 4.74 Å². The molecule has 1 aliphatic heterocycles. The summed E-state index contributed by atoms with van der Waals surface area (Å²) in [5.41, 5.74) is 1.66. The number of anilines is 2. The van der Waals surface area contributed by atoms with Crippen LogP contribution in [-0.2, 0) is 10.0 Å². The van der Waals surface area contributed by atoms with Gasteiger partial charge in [-0.3, -0.25) is 4.79 Å². The van der Waals surface area contributed by atoms with Gasteiger partial charge in [0, 0.05) is 32.4 Å². The molecule has 2 aromatic carbocycles. The second-order valence-electron chi connectivity index (χ2n) is 7.70. The van der Waals surface area contributed by atoms with E-state index in [1.165, 1.54) is 29.7 Å². The van der Waals surface area contributed by atoms with Crippen molar-refractivity contribution in [3.8, 4) is 11.9 Å². The van der Waals surface area contributed by atoms with Crippen molar-refractivity contribution in [3.63, 3.8) is 0 Å². The monoisotopic (exact) mass is 495 g/mol. The average Bonchev–Trinajstić information content (AvgIpc) is 2.89. The zero-order valence-electron chi connectivity index (χ0n) is 18.8. The molecule has 0 bridgehead atoms. The summed E-state index contributed by atoms with van der Waals surface area (Å²) in [6.07, 6.45) is 1.51.